The number of rotatable bonds is 4. The Hall–Kier alpha value is -2.30. The second-order valence-electron chi connectivity index (χ2n) is 5.32. The van der Waals surface area contributed by atoms with Gasteiger partial charge in [0.1, 0.15) is 5.75 Å². The van der Waals surface area contributed by atoms with Crippen LogP contribution in [0.15, 0.2) is 36.4 Å². The van der Waals surface area contributed by atoms with E-state index in [0.717, 1.165) is 11.4 Å². The monoisotopic (exact) mass is 286 g/mol. The molecule has 0 aromatic heterocycles. The maximum Gasteiger partial charge on any atom is 0.234 e. The number of benzene rings is 1. The van der Waals surface area contributed by atoms with Crippen molar-refractivity contribution in [2.24, 2.45) is 11.8 Å². The Kier molecular flexibility index (Phi) is 3.64. The predicted molar refractivity (Wildman–Crippen MR) is 78.7 cm³/mol. The smallest absolute Gasteiger partial charge is 0.234 e. The molecule has 110 valence electrons. The van der Waals surface area contributed by atoms with E-state index in [9.17, 15) is 9.59 Å². The molecule has 2 unspecified atom stereocenters. The van der Waals surface area contributed by atoms with E-state index in [-0.39, 0.29) is 30.3 Å². The van der Waals surface area contributed by atoms with Gasteiger partial charge in [-0.3, -0.25) is 14.5 Å². The van der Waals surface area contributed by atoms with Gasteiger partial charge in [-0.1, -0.05) is 12.2 Å². The van der Waals surface area contributed by atoms with Crippen molar-refractivity contribution in [2.45, 2.75) is 12.8 Å². The van der Waals surface area contributed by atoms with Crippen LogP contribution in [0.2, 0.25) is 0 Å². The minimum atomic E-state index is -0.167. The first-order valence-electron chi connectivity index (χ1n) is 7.09. The van der Waals surface area contributed by atoms with E-state index in [4.69, 9.17) is 4.74 Å². The maximum atomic E-state index is 12.3. The van der Waals surface area contributed by atoms with E-state index in [0.29, 0.717) is 12.8 Å². The molecule has 5 nitrogen and oxygen atoms in total. The van der Waals surface area contributed by atoms with Crippen LogP contribution in [-0.2, 0) is 9.59 Å². The van der Waals surface area contributed by atoms with E-state index >= 15 is 0 Å². The molecule has 1 aliphatic heterocycles. The highest BCUT2D eigenvalue weighted by Crippen LogP contribution is 2.34. The van der Waals surface area contributed by atoms with Crippen LogP contribution in [-0.4, -0.2) is 30.5 Å². The summed E-state index contributed by atoms with van der Waals surface area (Å²) in [5.41, 5.74) is 0.851. The highest BCUT2D eigenvalue weighted by atomic mass is 16.5. The number of hydrogen-bond donors (Lipinski definition) is 1. The van der Waals surface area contributed by atoms with Crippen molar-refractivity contribution >= 4 is 17.5 Å². The van der Waals surface area contributed by atoms with Crippen molar-refractivity contribution in [3.63, 3.8) is 0 Å². The summed E-state index contributed by atoms with van der Waals surface area (Å²) in [7, 11) is 1.61. The molecule has 2 aliphatic rings. The number of nitrogens with zero attached hydrogens (tertiary/aromatic N) is 1. The zero-order valence-electron chi connectivity index (χ0n) is 11.9. The highest BCUT2D eigenvalue weighted by molar-refractivity contribution is 6.05. The summed E-state index contributed by atoms with van der Waals surface area (Å²) in [6, 6.07) is 7.39. The molecular weight excluding hydrogens is 268 g/mol. The number of allylic oxidation sites excluding steroid dienone is 2. The van der Waals surface area contributed by atoms with Crippen molar-refractivity contribution in [3.05, 3.63) is 36.4 Å². The van der Waals surface area contributed by atoms with Crippen LogP contribution >= 0.6 is 0 Å². The largest absolute Gasteiger partial charge is 0.497 e. The van der Waals surface area contributed by atoms with Gasteiger partial charge >= 0.3 is 0 Å². The number of methoxy groups -OCH3 is 1. The van der Waals surface area contributed by atoms with Crippen LogP contribution in [0.4, 0.5) is 5.69 Å². The molecule has 0 bridgehead atoms. The molecule has 1 aromatic rings. The van der Waals surface area contributed by atoms with Gasteiger partial charge in [-0.25, -0.2) is 0 Å². The van der Waals surface area contributed by atoms with Gasteiger partial charge < -0.3 is 10.1 Å². The van der Waals surface area contributed by atoms with Gasteiger partial charge in [-0.05, 0) is 37.1 Å². The third-order valence-corrected chi connectivity index (χ3v) is 4.13. The first-order valence-corrected chi connectivity index (χ1v) is 7.09. The highest BCUT2D eigenvalue weighted by Gasteiger charge is 2.46. The van der Waals surface area contributed by atoms with Crippen LogP contribution in [0.25, 0.3) is 0 Å². The molecule has 21 heavy (non-hydrogen) atoms. The number of anilines is 1. The average molecular weight is 286 g/mol. The molecule has 3 rings (SSSR count). The lowest BCUT2D eigenvalue weighted by Crippen LogP contribution is -2.35. The number of carbonyl (C=O) groups is 2. The molecule has 0 radical (unpaired) electrons. The Balaban J connectivity index is 1.65. The molecule has 1 N–H and O–H groups in total. The van der Waals surface area contributed by atoms with E-state index < -0.39 is 0 Å². The van der Waals surface area contributed by atoms with Crippen molar-refractivity contribution in [1.82, 2.24) is 4.90 Å². The fraction of sp³-hybridized carbons (Fsp3) is 0.375. The minimum Gasteiger partial charge on any atom is -0.497 e. The van der Waals surface area contributed by atoms with Gasteiger partial charge in [0.15, 0.2) is 0 Å². The second-order valence-corrected chi connectivity index (χ2v) is 5.32. The third kappa shape index (κ3) is 2.51. The summed E-state index contributed by atoms with van der Waals surface area (Å²) in [5, 5.41) is 3.12. The first-order chi connectivity index (χ1) is 10.2. The number of imide groups is 1. The van der Waals surface area contributed by atoms with Crippen molar-refractivity contribution < 1.29 is 14.3 Å². The van der Waals surface area contributed by atoms with Crippen LogP contribution in [0, 0.1) is 11.8 Å². The molecule has 1 fully saturated rings. The topological polar surface area (TPSA) is 58.6 Å². The van der Waals surface area contributed by atoms with Crippen LogP contribution < -0.4 is 10.1 Å². The lowest BCUT2D eigenvalue weighted by molar-refractivity contribution is -0.139. The van der Waals surface area contributed by atoms with E-state index in [2.05, 4.69) is 5.32 Å². The first kappa shape index (κ1) is 13.7. The number of carbonyl (C=O) groups excluding carboxylic acids is 2. The van der Waals surface area contributed by atoms with Gasteiger partial charge in [0, 0.05) is 5.69 Å². The minimum absolute atomic E-state index is 0.0599. The van der Waals surface area contributed by atoms with Crippen LogP contribution in [0.1, 0.15) is 12.8 Å². The summed E-state index contributed by atoms with van der Waals surface area (Å²) in [5.74, 6) is 0.317. The standard InChI is InChI=1S/C16H18N2O3/c1-21-12-8-6-11(7-9-12)17-10-18-15(19)13-4-2-3-5-14(13)16(18)20/h2-3,6-9,13-14,17H,4-5,10H2,1H3. The van der Waals surface area contributed by atoms with Crippen molar-refractivity contribution in [2.75, 3.05) is 19.1 Å². The molecule has 1 saturated heterocycles. The quantitative estimate of drug-likeness (QED) is 0.679. The lowest BCUT2D eigenvalue weighted by Gasteiger charge is -2.16. The number of nitrogens with one attached hydrogen (secondary N) is 1. The molecule has 5 heteroatoms. The van der Waals surface area contributed by atoms with Gasteiger partial charge in [-0.2, -0.15) is 0 Å². The molecule has 1 aromatic carbocycles. The van der Waals surface area contributed by atoms with Gasteiger partial charge in [0.05, 0.1) is 25.6 Å². The van der Waals surface area contributed by atoms with Gasteiger partial charge in [0.25, 0.3) is 0 Å². The Morgan fingerprint density at radius 2 is 1.67 bits per heavy atom. The average Bonchev–Trinajstić information content (AvgIpc) is 2.78. The third-order valence-electron chi connectivity index (χ3n) is 4.13. The molecular formula is C16H18N2O3. The normalized spacial score (nSPS) is 24.1. The summed E-state index contributed by atoms with van der Waals surface area (Å²) in [4.78, 5) is 25.9. The molecule has 1 heterocycles. The van der Waals surface area contributed by atoms with E-state index in [1.165, 1.54) is 4.90 Å². The van der Waals surface area contributed by atoms with Crippen molar-refractivity contribution in [3.8, 4) is 5.75 Å². The number of likely N-dealkylation sites (tertiary alicyclic amines) is 1. The van der Waals surface area contributed by atoms with Crippen LogP contribution in [0.5, 0.6) is 5.75 Å². The Labute approximate surface area is 123 Å². The number of fused-ring (bicyclic) bond motifs is 1. The number of hydrogen-bond acceptors (Lipinski definition) is 4. The zero-order chi connectivity index (χ0) is 14.8. The Morgan fingerprint density at radius 3 is 2.19 bits per heavy atom. The summed E-state index contributed by atoms with van der Waals surface area (Å²) >= 11 is 0. The predicted octanol–water partition coefficient (Wildman–Crippen LogP) is 2.02. The van der Waals surface area contributed by atoms with E-state index in [1.54, 1.807) is 7.11 Å². The summed E-state index contributed by atoms with van der Waals surface area (Å²) in [6.45, 7) is 0.219. The maximum absolute atomic E-state index is 12.3. The van der Waals surface area contributed by atoms with Gasteiger partial charge in [-0.15, -0.1) is 0 Å². The van der Waals surface area contributed by atoms with E-state index in [1.807, 2.05) is 36.4 Å². The fourth-order valence-corrected chi connectivity index (χ4v) is 2.90. The fourth-order valence-electron chi connectivity index (χ4n) is 2.90. The molecule has 1 aliphatic carbocycles. The summed E-state index contributed by atoms with van der Waals surface area (Å²) in [6.07, 6.45) is 5.34. The lowest BCUT2D eigenvalue weighted by atomic mass is 9.85. The Bertz CT molecular complexity index is 554. The van der Waals surface area contributed by atoms with Crippen molar-refractivity contribution in [1.29, 1.82) is 0 Å². The van der Waals surface area contributed by atoms with Crippen LogP contribution in [0.3, 0.4) is 0 Å². The zero-order valence-corrected chi connectivity index (χ0v) is 11.9. The molecule has 2 atom stereocenters. The molecule has 2 amide bonds. The van der Waals surface area contributed by atoms with Gasteiger partial charge in [0.2, 0.25) is 11.8 Å². The second kappa shape index (κ2) is 5.60. The number of ether oxygens (including phenoxy) is 1. The Morgan fingerprint density at radius 1 is 1.10 bits per heavy atom. The summed E-state index contributed by atoms with van der Waals surface area (Å²) < 4.78 is 5.09. The molecule has 0 saturated carbocycles. The SMILES string of the molecule is COc1ccc(NCN2C(=O)C3CC=CCC3C2=O)cc1. The number of amides is 2. The molecule has 0 spiro atoms.